The summed E-state index contributed by atoms with van der Waals surface area (Å²) >= 11 is 0. The SMILES string of the molecule is C#Cc1cccc(NC(=O)c2ccc(OC)nc2)c1. The van der Waals surface area contributed by atoms with Crippen molar-refractivity contribution in [3.05, 3.63) is 53.7 Å². The highest BCUT2D eigenvalue weighted by molar-refractivity contribution is 6.04. The van der Waals surface area contributed by atoms with E-state index in [-0.39, 0.29) is 5.91 Å². The first kappa shape index (κ1) is 12.7. The van der Waals surface area contributed by atoms with Gasteiger partial charge in [-0.3, -0.25) is 4.79 Å². The number of ether oxygens (including phenoxy) is 1. The predicted molar refractivity (Wildman–Crippen MR) is 73.1 cm³/mol. The fraction of sp³-hybridized carbons (Fsp3) is 0.0667. The molecule has 0 atom stereocenters. The lowest BCUT2D eigenvalue weighted by atomic mass is 10.2. The third-order valence-corrected chi connectivity index (χ3v) is 2.49. The largest absolute Gasteiger partial charge is 0.481 e. The molecule has 2 aromatic rings. The first-order chi connectivity index (χ1) is 9.22. The number of hydrogen-bond donors (Lipinski definition) is 1. The van der Waals surface area contributed by atoms with Crippen LogP contribution in [0, 0.1) is 12.3 Å². The number of benzene rings is 1. The zero-order valence-corrected chi connectivity index (χ0v) is 10.4. The van der Waals surface area contributed by atoms with Crippen LogP contribution in [0.1, 0.15) is 15.9 Å². The van der Waals surface area contributed by atoms with Gasteiger partial charge in [-0.25, -0.2) is 4.98 Å². The summed E-state index contributed by atoms with van der Waals surface area (Å²) in [5.74, 6) is 2.73. The van der Waals surface area contributed by atoms with Crippen molar-refractivity contribution in [2.24, 2.45) is 0 Å². The summed E-state index contributed by atoms with van der Waals surface area (Å²) in [6.07, 6.45) is 6.76. The fourth-order valence-electron chi connectivity index (χ4n) is 1.53. The maximum atomic E-state index is 12.0. The molecule has 2 rings (SSSR count). The van der Waals surface area contributed by atoms with E-state index in [1.807, 2.05) is 0 Å². The Morgan fingerprint density at radius 2 is 2.21 bits per heavy atom. The molecule has 0 radical (unpaired) electrons. The average Bonchev–Trinajstić information content (AvgIpc) is 2.47. The Hall–Kier alpha value is -2.80. The van der Waals surface area contributed by atoms with Crippen molar-refractivity contribution in [2.45, 2.75) is 0 Å². The zero-order chi connectivity index (χ0) is 13.7. The van der Waals surface area contributed by atoms with E-state index < -0.39 is 0 Å². The van der Waals surface area contributed by atoms with E-state index >= 15 is 0 Å². The molecule has 0 aliphatic carbocycles. The molecular formula is C15H12N2O2. The molecule has 1 aromatic heterocycles. The number of rotatable bonds is 3. The van der Waals surface area contributed by atoms with Crippen LogP contribution in [-0.2, 0) is 0 Å². The van der Waals surface area contributed by atoms with Crippen LogP contribution in [0.5, 0.6) is 5.88 Å². The number of nitrogens with one attached hydrogen (secondary N) is 1. The summed E-state index contributed by atoms with van der Waals surface area (Å²) < 4.78 is 4.93. The number of carbonyl (C=O) groups is 1. The highest BCUT2D eigenvalue weighted by Gasteiger charge is 2.07. The van der Waals surface area contributed by atoms with E-state index in [4.69, 9.17) is 11.2 Å². The lowest BCUT2D eigenvalue weighted by Crippen LogP contribution is -2.12. The van der Waals surface area contributed by atoms with Gasteiger partial charge in [0.2, 0.25) is 5.88 Å². The van der Waals surface area contributed by atoms with Gasteiger partial charge < -0.3 is 10.1 Å². The molecule has 1 amide bonds. The number of terminal acetylenes is 1. The van der Waals surface area contributed by atoms with E-state index in [9.17, 15) is 4.79 Å². The van der Waals surface area contributed by atoms with Crippen LogP contribution in [0.3, 0.4) is 0 Å². The molecule has 1 heterocycles. The van der Waals surface area contributed by atoms with Gasteiger partial charge in [-0.2, -0.15) is 0 Å². The van der Waals surface area contributed by atoms with Gasteiger partial charge in [0, 0.05) is 23.5 Å². The fourth-order valence-corrected chi connectivity index (χ4v) is 1.53. The summed E-state index contributed by atoms with van der Waals surface area (Å²) in [6, 6.07) is 10.4. The van der Waals surface area contributed by atoms with E-state index in [1.165, 1.54) is 13.3 Å². The van der Waals surface area contributed by atoms with E-state index in [1.54, 1.807) is 36.4 Å². The zero-order valence-electron chi connectivity index (χ0n) is 10.4. The van der Waals surface area contributed by atoms with Crippen LogP contribution >= 0.6 is 0 Å². The van der Waals surface area contributed by atoms with Crippen molar-refractivity contribution in [3.63, 3.8) is 0 Å². The van der Waals surface area contributed by atoms with E-state index in [0.717, 1.165) is 0 Å². The molecule has 94 valence electrons. The third-order valence-electron chi connectivity index (χ3n) is 2.49. The molecule has 0 fully saturated rings. The van der Waals surface area contributed by atoms with Gasteiger partial charge in [-0.15, -0.1) is 6.42 Å². The number of aromatic nitrogens is 1. The Morgan fingerprint density at radius 1 is 1.37 bits per heavy atom. The van der Waals surface area contributed by atoms with Crippen molar-refractivity contribution in [1.29, 1.82) is 0 Å². The third kappa shape index (κ3) is 3.11. The minimum absolute atomic E-state index is 0.246. The Labute approximate surface area is 111 Å². The Morgan fingerprint density at radius 3 is 2.84 bits per heavy atom. The van der Waals surface area contributed by atoms with Crippen LogP contribution in [0.25, 0.3) is 0 Å². The monoisotopic (exact) mass is 252 g/mol. The molecular weight excluding hydrogens is 240 g/mol. The second-order valence-electron chi connectivity index (χ2n) is 3.77. The van der Waals surface area contributed by atoms with Gasteiger partial charge in [-0.1, -0.05) is 12.0 Å². The summed E-state index contributed by atoms with van der Waals surface area (Å²) in [5, 5.41) is 2.76. The molecule has 0 bridgehead atoms. The van der Waals surface area contributed by atoms with Gasteiger partial charge in [0.25, 0.3) is 5.91 Å². The number of carbonyl (C=O) groups excluding carboxylic acids is 1. The highest BCUT2D eigenvalue weighted by atomic mass is 16.5. The van der Waals surface area contributed by atoms with Gasteiger partial charge in [-0.05, 0) is 24.3 Å². The second kappa shape index (κ2) is 5.69. The molecule has 1 N–H and O–H groups in total. The lowest BCUT2D eigenvalue weighted by Gasteiger charge is -2.06. The number of amides is 1. The van der Waals surface area contributed by atoms with Gasteiger partial charge in [0.05, 0.1) is 12.7 Å². The molecule has 4 nitrogen and oxygen atoms in total. The Kier molecular flexibility index (Phi) is 3.79. The minimum Gasteiger partial charge on any atom is -0.481 e. The van der Waals surface area contributed by atoms with Crippen LogP contribution in [-0.4, -0.2) is 18.0 Å². The van der Waals surface area contributed by atoms with Crippen molar-refractivity contribution in [2.75, 3.05) is 12.4 Å². The number of methoxy groups -OCH3 is 1. The number of anilines is 1. The Bertz CT molecular complexity index is 627. The van der Waals surface area contributed by atoms with E-state index in [0.29, 0.717) is 22.7 Å². The van der Waals surface area contributed by atoms with Crippen LogP contribution < -0.4 is 10.1 Å². The first-order valence-corrected chi connectivity index (χ1v) is 5.61. The summed E-state index contributed by atoms with van der Waals surface area (Å²) in [5.41, 5.74) is 1.81. The maximum absolute atomic E-state index is 12.0. The van der Waals surface area contributed by atoms with Crippen molar-refractivity contribution < 1.29 is 9.53 Å². The first-order valence-electron chi connectivity index (χ1n) is 5.61. The van der Waals surface area contributed by atoms with Gasteiger partial charge in [0.15, 0.2) is 0 Å². The van der Waals surface area contributed by atoms with Crippen LogP contribution in [0.2, 0.25) is 0 Å². The topological polar surface area (TPSA) is 51.2 Å². The van der Waals surface area contributed by atoms with Crippen molar-refractivity contribution in [3.8, 4) is 18.2 Å². The molecule has 4 heteroatoms. The maximum Gasteiger partial charge on any atom is 0.257 e. The molecule has 0 saturated carbocycles. The predicted octanol–water partition coefficient (Wildman–Crippen LogP) is 2.32. The molecule has 0 saturated heterocycles. The molecule has 0 aliphatic heterocycles. The average molecular weight is 252 g/mol. The summed E-state index contributed by atoms with van der Waals surface area (Å²) in [6.45, 7) is 0. The molecule has 1 aromatic carbocycles. The Balaban J connectivity index is 2.13. The molecule has 19 heavy (non-hydrogen) atoms. The molecule has 0 aliphatic rings. The highest BCUT2D eigenvalue weighted by Crippen LogP contribution is 2.12. The molecule has 0 spiro atoms. The normalized spacial score (nSPS) is 9.47. The number of nitrogens with zero attached hydrogens (tertiary/aromatic N) is 1. The van der Waals surface area contributed by atoms with Crippen LogP contribution in [0.4, 0.5) is 5.69 Å². The van der Waals surface area contributed by atoms with Crippen LogP contribution in [0.15, 0.2) is 42.6 Å². The quantitative estimate of drug-likeness (QED) is 0.853. The van der Waals surface area contributed by atoms with Crippen molar-refractivity contribution in [1.82, 2.24) is 4.98 Å². The summed E-state index contributed by atoms with van der Waals surface area (Å²) in [4.78, 5) is 15.9. The number of pyridine rings is 1. The van der Waals surface area contributed by atoms with E-state index in [2.05, 4.69) is 16.2 Å². The van der Waals surface area contributed by atoms with Gasteiger partial charge >= 0.3 is 0 Å². The van der Waals surface area contributed by atoms with Gasteiger partial charge in [0.1, 0.15) is 0 Å². The second-order valence-corrected chi connectivity index (χ2v) is 3.77. The standard InChI is InChI=1S/C15H12N2O2/c1-3-11-5-4-6-13(9-11)17-15(18)12-7-8-14(19-2)16-10-12/h1,4-10H,2H3,(H,17,18). The number of hydrogen-bond acceptors (Lipinski definition) is 3. The smallest absolute Gasteiger partial charge is 0.257 e. The van der Waals surface area contributed by atoms with Crippen molar-refractivity contribution >= 4 is 11.6 Å². The molecule has 0 unspecified atom stereocenters. The lowest BCUT2D eigenvalue weighted by molar-refractivity contribution is 0.102. The minimum atomic E-state index is -0.246. The summed E-state index contributed by atoms with van der Waals surface area (Å²) in [7, 11) is 1.52.